The van der Waals surface area contributed by atoms with Crippen LogP contribution in [0.2, 0.25) is 0 Å². The summed E-state index contributed by atoms with van der Waals surface area (Å²) in [6, 6.07) is 12.4. The summed E-state index contributed by atoms with van der Waals surface area (Å²) in [6.45, 7) is 4.96. The fourth-order valence-electron chi connectivity index (χ4n) is 2.21. The third-order valence-corrected chi connectivity index (χ3v) is 9.77. The Morgan fingerprint density at radius 1 is 0.917 bits per heavy atom. The molecule has 0 N–H and O–H groups in total. The van der Waals surface area contributed by atoms with Crippen LogP contribution in [-0.2, 0) is 31.8 Å². The van der Waals surface area contributed by atoms with E-state index < -0.39 is 30.2 Å². The molecule has 0 aliphatic carbocycles. The van der Waals surface area contributed by atoms with E-state index in [2.05, 4.69) is 0 Å². The largest absolute Gasteiger partial charge is 0.228 e. The Labute approximate surface area is 148 Å². The van der Waals surface area contributed by atoms with E-state index in [0.29, 0.717) is 10.6 Å². The Kier molecular flexibility index (Phi) is 5.88. The van der Waals surface area contributed by atoms with E-state index in [4.69, 9.17) is 0 Å². The van der Waals surface area contributed by atoms with Gasteiger partial charge >= 0.3 is 0 Å². The Hall–Kier alpha value is -1.18. The first-order valence-electron chi connectivity index (χ1n) is 7.71. The van der Waals surface area contributed by atoms with Crippen LogP contribution in [0, 0.1) is 0 Å². The van der Waals surface area contributed by atoms with Crippen molar-refractivity contribution in [3.05, 3.63) is 52.9 Å². The van der Waals surface area contributed by atoms with Gasteiger partial charge in [0.2, 0.25) is 0 Å². The summed E-state index contributed by atoms with van der Waals surface area (Å²) in [5.74, 6) is -0.00245. The first kappa shape index (κ1) is 19.1. The maximum Gasteiger partial charge on any atom is 0.190 e. The van der Waals surface area contributed by atoms with E-state index in [1.807, 2.05) is 18.2 Å². The lowest BCUT2D eigenvalue weighted by Crippen LogP contribution is -2.21. The van der Waals surface area contributed by atoms with Gasteiger partial charge in [-0.05, 0) is 44.9 Å². The summed E-state index contributed by atoms with van der Waals surface area (Å²) < 4.78 is 49.6. The molecule has 132 valence electrons. The van der Waals surface area contributed by atoms with Crippen LogP contribution >= 0.6 is 11.3 Å². The summed E-state index contributed by atoms with van der Waals surface area (Å²) in [7, 11) is -6.60. The summed E-state index contributed by atoms with van der Waals surface area (Å²) in [6.07, 6.45) is 0.327. The van der Waals surface area contributed by atoms with Gasteiger partial charge in [-0.25, -0.2) is 16.8 Å². The molecule has 1 aromatic carbocycles. The van der Waals surface area contributed by atoms with Crippen LogP contribution < -0.4 is 0 Å². The molecule has 4 nitrogen and oxygen atoms in total. The van der Waals surface area contributed by atoms with Crippen molar-refractivity contribution in [2.24, 2.45) is 0 Å². The predicted octanol–water partition coefficient (Wildman–Crippen LogP) is 3.48. The molecule has 0 saturated carbocycles. The van der Waals surface area contributed by atoms with Crippen molar-refractivity contribution in [2.75, 3.05) is 0 Å². The highest BCUT2D eigenvalue weighted by atomic mass is 32.2. The lowest BCUT2D eigenvalue weighted by molar-refractivity contribution is 0.582. The third-order valence-electron chi connectivity index (χ3n) is 3.85. The summed E-state index contributed by atoms with van der Waals surface area (Å²) in [5.41, 5.74) is 0.763. The topological polar surface area (TPSA) is 68.3 Å². The average Bonchev–Trinajstić information content (AvgIpc) is 2.97. The zero-order chi connectivity index (χ0) is 18.0. The molecule has 7 heteroatoms. The van der Waals surface area contributed by atoms with E-state index in [0.717, 1.165) is 10.4 Å². The molecule has 2 aromatic rings. The predicted molar refractivity (Wildman–Crippen MR) is 98.9 cm³/mol. The second kappa shape index (κ2) is 7.37. The van der Waals surface area contributed by atoms with Gasteiger partial charge < -0.3 is 0 Å². The Morgan fingerprint density at radius 2 is 1.54 bits per heavy atom. The summed E-state index contributed by atoms with van der Waals surface area (Å²) in [4.78, 5) is 0.776. The molecule has 0 radical (unpaired) electrons. The van der Waals surface area contributed by atoms with E-state index in [1.54, 1.807) is 45.0 Å². The maximum absolute atomic E-state index is 12.5. The monoisotopic (exact) mass is 386 g/mol. The van der Waals surface area contributed by atoms with Gasteiger partial charge in [-0.15, -0.1) is 11.3 Å². The van der Waals surface area contributed by atoms with Crippen molar-refractivity contribution < 1.29 is 16.8 Å². The minimum atomic E-state index is -3.31. The maximum atomic E-state index is 12.5. The van der Waals surface area contributed by atoms with Gasteiger partial charge in [0.15, 0.2) is 19.7 Å². The van der Waals surface area contributed by atoms with Gasteiger partial charge in [-0.3, -0.25) is 0 Å². The highest BCUT2D eigenvalue weighted by Gasteiger charge is 2.25. The van der Waals surface area contributed by atoms with Crippen molar-refractivity contribution in [1.82, 2.24) is 0 Å². The minimum Gasteiger partial charge on any atom is -0.228 e. The first-order valence-corrected chi connectivity index (χ1v) is 11.8. The molecule has 1 aromatic heterocycles. The highest BCUT2D eigenvalue weighted by Crippen LogP contribution is 2.27. The molecule has 1 atom stereocenters. The number of thiophene rings is 1. The lowest BCUT2D eigenvalue weighted by Gasteiger charge is -2.12. The molecule has 0 amide bonds. The van der Waals surface area contributed by atoms with Gasteiger partial charge in [-0.1, -0.05) is 30.3 Å². The number of sulfone groups is 2. The SMILES string of the molecule is CC(Cc1ccc(S(=O)(=O)C(C)C)s1)S(=O)(=O)Cc1ccccc1. The van der Waals surface area contributed by atoms with Crippen LogP contribution in [0.3, 0.4) is 0 Å². The Bertz CT molecular complexity index is 879. The van der Waals surface area contributed by atoms with Crippen LogP contribution in [0.25, 0.3) is 0 Å². The van der Waals surface area contributed by atoms with E-state index in [1.165, 1.54) is 11.3 Å². The number of rotatable bonds is 7. The number of hydrogen-bond acceptors (Lipinski definition) is 5. The Morgan fingerprint density at radius 3 is 2.12 bits per heavy atom. The molecule has 0 aliphatic rings. The van der Waals surface area contributed by atoms with Crippen LogP contribution in [-0.4, -0.2) is 27.3 Å². The van der Waals surface area contributed by atoms with Crippen molar-refractivity contribution in [2.45, 2.75) is 47.7 Å². The van der Waals surface area contributed by atoms with E-state index >= 15 is 0 Å². The second-order valence-corrected chi connectivity index (χ2v) is 12.4. The van der Waals surface area contributed by atoms with E-state index in [9.17, 15) is 16.8 Å². The summed E-state index contributed by atoms with van der Waals surface area (Å²) in [5, 5.41) is -1.05. The lowest BCUT2D eigenvalue weighted by atomic mass is 10.2. The van der Waals surface area contributed by atoms with E-state index in [-0.39, 0.29) is 5.75 Å². The molecule has 1 unspecified atom stereocenters. The highest BCUT2D eigenvalue weighted by molar-refractivity contribution is 7.94. The quantitative estimate of drug-likeness (QED) is 0.731. The molecular formula is C17H22O4S3. The Balaban J connectivity index is 2.12. The molecule has 0 bridgehead atoms. The number of benzene rings is 1. The number of hydrogen-bond donors (Lipinski definition) is 0. The van der Waals surface area contributed by atoms with Crippen LogP contribution in [0.1, 0.15) is 31.2 Å². The molecular weight excluding hydrogens is 364 g/mol. The van der Waals surface area contributed by atoms with Gasteiger partial charge in [0.1, 0.15) is 4.21 Å². The zero-order valence-electron chi connectivity index (χ0n) is 14.0. The van der Waals surface area contributed by atoms with Crippen LogP contribution in [0.5, 0.6) is 0 Å². The molecule has 24 heavy (non-hydrogen) atoms. The third kappa shape index (κ3) is 4.46. The standard InChI is InChI=1S/C17H22O4S3/c1-13(2)24(20,21)17-10-9-16(22-17)11-14(3)23(18,19)12-15-7-5-4-6-8-15/h4-10,13-14H,11-12H2,1-3H3. The van der Waals surface area contributed by atoms with Crippen molar-refractivity contribution in [3.63, 3.8) is 0 Å². The molecule has 0 fully saturated rings. The summed E-state index contributed by atoms with van der Waals surface area (Å²) >= 11 is 1.17. The minimum absolute atomic E-state index is 0.00245. The van der Waals surface area contributed by atoms with Gasteiger partial charge in [0.05, 0.1) is 16.3 Å². The molecule has 1 heterocycles. The van der Waals surface area contributed by atoms with Crippen molar-refractivity contribution in [1.29, 1.82) is 0 Å². The second-order valence-electron chi connectivity index (χ2n) is 6.12. The van der Waals surface area contributed by atoms with Gasteiger partial charge in [-0.2, -0.15) is 0 Å². The normalized spacial score (nSPS) is 14.0. The molecule has 0 aliphatic heterocycles. The fraction of sp³-hybridized carbons (Fsp3) is 0.412. The molecule has 2 rings (SSSR count). The van der Waals surface area contributed by atoms with Crippen molar-refractivity contribution >= 4 is 31.0 Å². The van der Waals surface area contributed by atoms with Gasteiger partial charge in [0, 0.05) is 4.88 Å². The van der Waals surface area contributed by atoms with Crippen LogP contribution in [0.15, 0.2) is 46.7 Å². The van der Waals surface area contributed by atoms with Gasteiger partial charge in [0.25, 0.3) is 0 Å². The fourth-order valence-corrected chi connectivity index (χ4v) is 6.64. The molecule has 0 saturated heterocycles. The van der Waals surface area contributed by atoms with Crippen molar-refractivity contribution in [3.8, 4) is 0 Å². The average molecular weight is 387 g/mol. The molecule has 0 spiro atoms. The smallest absolute Gasteiger partial charge is 0.190 e. The first-order chi connectivity index (χ1) is 11.1. The zero-order valence-corrected chi connectivity index (χ0v) is 16.4. The van der Waals surface area contributed by atoms with Crippen LogP contribution in [0.4, 0.5) is 0 Å².